The Labute approximate surface area is 245 Å². The topological polar surface area (TPSA) is 117 Å². The minimum atomic E-state index is -0.408. The van der Waals surface area contributed by atoms with Crippen molar-refractivity contribution in [3.05, 3.63) is 58.4 Å². The summed E-state index contributed by atoms with van der Waals surface area (Å²) in [6.45, 7) is 1.51. The molecule has 6 rings (SSSR count). The highest BCUT2D eigenvalue weighted by Gasteiger charge is 2.27. The van der Waals surface area contributed by atoms with Gasteiger partial charge >= 0.3 is 5.97 Å². The molecule has 1 aromatic carbocycles. The molecular formula is C29H31N5O5S2. The molecule has 1 fully saturated rings. The summed E-state index contributed by atoms with van der Waals surface area (Å²) in [6.07, 6.45) is 7.62. The molecule has 0 saturated carbocycles. The Bertz CT molecular complexity index is 1560. The molecule has 1 saturated heterocycles. The van der Waals surface area contributed by atoms with E-state index in [0.717, 1.165) is 66.5 Å². The predicted molar refractivity (Wildman–Crippen MR) is 157 cm³/mol. The van der Waals surface area contributed by atoms with Crippen LogP contribution in [0, 0.1) is 0 Å². The maximum Gasteiger partial charge on any atom is 0.341 e. The van der Waals surface area contributed by atoms with Crippen molar-refractivity contribution in [2.24, 2.45) is 0 Å². The van der Waals surface area contributed by atoms with Gasteiger partial charge < -0.3 is 24.1 Å². The van der Waals surface area contributed by atoms with E-state index < -0.39 is 5.97 Å². The number of aromatic nitrogens is 4. The number of rotatable bonds is 10. The van der Waals surface area contributed by atoms with Gasteiger partial charge in [-0.1, -0.05) is 30.0 Å². The van der Waals surface area contributed by atoms with Crippen molar-refractivity contribution < 1.29 is 23.8 Å². The molecule has 1 amide bonds. The number of thiophene rings is 1. The van der Waals surface area contributed by atoms with Crippen LogP contribution < -0.4 is 10.1 Å². The van der Waals surface area contributed by atoms with Crippen LogP contribution in [-0.2, 0) is 40.3 Å². The van der Waals surface area contributed by atoms with Gasteiger partial charge in [-0.2, -0.15) is 0 Å². The number of aryl methyl sites for hydroxylation is 1. The Hall–Kier alpha value is -3.48. The number of carbonyl (C=O) groups is 2. The quantitative estimate of drug-likeness (QED) is 0.199. The Morgan fingerprint density at radius 2 is 2.05 bits per heavy atom. The van der Waals surface area contributed by atoms with Crippen molar-refractivity contribution in [2.45, 2.75) is 62.9 Å². The highest BCUT2D eigenvalue weighted by atomic mass is 32.2. The highest BCUT2D eigenvalue weighted by molar-refractivity contribution is 7.99. The second-order valence-corrected chi connectivity index (χ2v) is 12.1. The number of nitrogens with zero attached hydrogens (tertiary/aromatic N) is 4. The minimum absolute atomic E-state index is 0.0530. The van der Waals surface area contributed by atoms with E-state index in [1.54, 1.807) is 6.20 Å². The van der Waals surface area contributed by atoms with Crippen LogP contribution in [0.5, 0.6) is 5.75 Å². The predicted octanol–water partition coefficient (Wildman–Crippen LogP) is 5.04. The van der Waals surface area contributed by atoms with Crippen molar-refractivity contribution in [3.63, 3.8) is 0 Å². The molecule has 1 unspecified atom stereocenters. The van der Waals surface area contributed by atoms with Gasteiger partial charge in [-0.05, 0) is 56.2 Å². The van der Waals surface area contributed by atoms with E-state index in [-0.39, 0.29) is 24.4 Å². The Kier molecular flexibility index (Phi) is 8.49. The van der Waals surface area contributed by atoms with Crippen LogP contribution in [0.3, 0.4) is 0 Å². The molecule has 1 aliphatic carbocycles. The van der Waals surface area contributed by atoms with Gasteiger partial charge in [-0.25, -0.2) is 4.79 Å². The van der Waals surface area contributed by atoms with E-state index in [1.807, 2.05) is 34.9 Å². The number of amides is 1. The van der Waals surface area contributed by atoms with Crippen molar-refractivity contribution in [3.8, 4) is 5.75 Å². The first-order valence-corrected chi connectivity index (χ1v) is 15.6. The van der Waals surface area contributed by atoms with Crippen LogP contribution in [0.25, 0.3) is 10.9 Å². The summed E-state index contributed by atoms with van der Waals surface area (Å²) in [5.41, 5.74) is 2.29. The van der Waals surface area contributed by atoms with Crippen molar-refractivity contribution in [2.75, 3.05) is 24.8 Å². The molecule has 1 aliphatic heterocycles. The molecule has 214 valence electrons. The van der Waals surface area contributed by atoms with E-state index in [1.165, 1.54) is 30.2 Å². The number of esters is 1. The van der Waals surface area contributed by atoms with Crippen LogP contribution in [0.2, 0.25) is 0 Å². The van der Waals surface area contributed by atoms with Gasteiger partial charge in [-0.15, -0.1) is 21.5 Å². The summed E-state index contributed by atoms with van der Waals surface area (Å²) >= 11 is 2.78. The SMILES string of the molecule is COC(=O)c1c(NC(=O)CSc2nnc(COc3cccc4cccnc34)n2CC2CCCO2)sc2c1CCCC2. The fraction of sp³-hybridized carbons (Fsp3) is 0.414. The second-order valence-electron chi connectivity index (χ2n) is 10.0. The number of para-hydroxylation sites is 1. The summed E-state index contributed by atoms with van der Waals surface area (Å²) in [5, 5.41) is 13.9. The molecule has 1 atom stereocenters. The normalized spacial score (nSPS) is 16.5. The molecule has 0 spiro atoms. The fourth-order valence-corrected chi connectivity index (χ4v) is 7.37. The van der Waals surface area contributed by atoms with Gasteiger partial charge in [0, 0.05) is 23.1 Å². The van der Waals surface area contributed by atoms with Crippen molar-refractivity contribution in [1.82, 2.24) is 19.7 Å². The number of carbonyl (C=O) groups excluding carboxylic acids is 2. The number of ether oxygens (including phenoxy) is 3. The maximum absolute atomic E-state index is 13.1. The van der Waals surface area contributed by atoms with Gasteiger partial charge in [0.2, 0.25) is 5.91 Å². The summed E-state index contributed by atoms with van der Waals surface area (Å²) in [5.74, 6) is 0.805. The monoisotopic (exact) mass is 593 g/mol. The largest absolute Gasteiger partial charge is 0.483 e. The number of methoxy groups -OCH3 is 1. The van der Waals surface area contributed by atoms with Crippen molar-refractivity contribution in [1.29, 1.82) is 0 Å². The lowest BCUT2D eigenvalue weighted by atomic mass is 9.95. The number of hydrogen-bond acceptors (Lipinski definition) is 10. The lowest BCUT2D eigenvalue weighted by Gasteiger charge is -2.15. The third-order valence-electron chi connectivity index (χ3n) is 7.30. The smallest absolute Gasteiger partial charge is 0.341 e. The average Bonchev–Trinajstić information content (AvgIpc) is 3.74. The van der Waals surface area contributed by atoms with Crippen LogP contribution in [0.1, 0.15) is 52.3 Å². The third kappa shape index (κ3) is 6.09. The first-order chi connectivity index (χ1) is 20.1. The minimum Gasteiger partial charge on any atom is -0.483 e. The molecule has 10 nitrogen and oxygen atoms in total. The van der Waals surface area contributed by atoms with E-state index in [9.17, 15) is 9.59 Å². The number of anilines is 1. The molecule has 4 heterocycles. The molecular weight excluding hydrogens is 562 g/mol. The lowest BCUT2D eigenvalue weighted by molar-refractivity contribution is -0.113. The lowest BCUT2D eigenvalue weighted by Crippen LogP contribution is -2.20. The highest BCUT2D eigenvalue weighted by Crippen LogP contribution is 2.38. The van der Waals surface area contributed by atoms with E-state index >= 15 is 0 Å². The summed E-state index contributed by atoms with van der Waals surface area (Å²) < 4.78 is 19.1. The zero-order chi connectivity index (χ0) is 28.2. The molecule has 0 radical (unpaired) electrons. The van der Waals surface area contributed by atoms with Crippen LogP contribution in [0.4, 0.5) is 5.00 Å². The van der Waals surface area contributed by atoms with E-state index in [4.69, 9.17) is 14.2 Å². The molecule has 12 heteroatoms. The number of hydrogen-bond donors (Lipinski definition) is 1. The number of nitrogens with one attached hydrogen (secondary N) is 1. The first-order valence-electron chi connectivity index (χ1n) is 13.8. The average molecular weight is 594 g/mol. The summed E-state index contributed by atoms with van der Waals surface area (Å²) in [6, 6.07) is 9.71. The zero-order valence-electron chi connectivity index (χ0n) is 22.8. The molecule has 1 N–H and O–H groups in total. The molecule has 41 heavy (non-hydrogen) atoms. The second kappa shape index (κ2) is 12.6. The van der Waals surface area contributed by atoms with Gasteiger partial charge in [0.05, 0.1) is 31.1 Å². The fourth-order valence-electron chi connectivity index (χ4n) is 5.31. The molecule has 3 aromatic heterocycles. The summed E-state index contributed by atoms with van der Waals surface area (Å²) in [7, 11) is 1.37. The third-order valence-corrected chi connectivity index (χ3v) is 9.48. The number of fused-ring (bicyclic) bond motifs is 2. The van der Waals surface area contributed by atoms with Gasteiger partial charge in [0.25, 0.3) is 0 Å². The maximum atomic E-state index is 13.1. The van der Waals surface area contributed by atoms with Crippen molar-refractivity contribution >= 4 is 50.9 Å². The van der Waals surface area contributed by atoms with Crippen LogP contribution >= 0.6 is 23.1 Å². The van der Waals surface area contributed by atoms with Gasteiger partial charge in [0.15, 0.2) is 11.0 Å². The van der Waals surface area contributed by atoms with Gasteiger partial charge in [-0.3, -0.25) is 9.78 Å². The Morgan fingerprint density at radius 3 is 2.90 bits per heavy atom. The van der Waals surface area contributed by atoms with Gasteiger partial charge in [0.1, 0.15) is 22.9 Å². The Morgan fingerprint density at radius 1 is 1.17 bits per heavy atom. The van der Waals surface area contributed by atoms with E-state index in [0.29, 0.717) is 33.8 Å². The number of thioether (sulfide) groups is 1. The first kappa shape index (κ1) is 27.7. The molecule has 4 aromatic rings. The summed E-state index contributed by atoms with van der Waals surface area (Å²) in [4.78, 5) is 31.2. The number of benzene rings is 1. The molecule has 2 aliphatic rings. The van der Waals surface area contributed by atoms with E-state index in [2.05, 4.69) is 20.5 Å². The number of pyridine rings is 1. The Balaban J connectivity index is 1.17. The van der Waals surface area contributed by atoms with Crippen LogP contribution in [-0.4, -0.2) is 57.2 Å². The zero-order valence-corrected chi connectivity index (χ0v) is 24.4. The molecule has 0 bridgehead atoms. The van der Waals surface area contributed by atoms with Crippen LogP contribution in [0.15, 0.2) is 41.7 Å². The standard InChI is InChI=1S/C29H31N5O5S2/c1-37-28(36)25-20-10-2-3-12-22(20)41-27(25)31-24(35)17-40-29-33-32-23(34(29)15-19-9-6-14-38-19)16-39-21-11-4-7-18-8-5-13-30-26(18)21/h4-5,7-8,11,13,19H,2-3,6,9-10,12,14-17H2,1H3,(H,31,35).